The van der Waals surface area contributed by atoms with Crippen LogP contribution in [-0.2, 0) is 0 Å². The second-order valence-corrected chi connectivity index (χ2v) is 4.45. The lowest BCUT2D eigenvalue weighted by atomic mass is 10.2. The van der Waals surface area contributed by atoms with Gasteiger partial charge in [0.15, 0.2) is 0 Å². The molecule has 0 unspecified atom stereocenters. The molecule has 0 atom stereocenters. The Bertz CT molecular complexity index is 723. The minimum Gasteiger partial charge on any atom is -0.448 e. The molecule has 0 aromatic heterocycles. The van der Waals surface area contributed by atoms with E-state index in [9.17, 15) is 10.1 Å². The van der Waals surface area contributed by atoms with E-state index in [0.29, 0.717) is 11.1 Å². The monoisotopic (exact) mass is 288 g/mol. The molecule has 2 aromatic carbocycles. The van der Waals surface area contributed by atoms with Gasteiger partial charge in [0.2, 0.25) is 5.75 Å². The van der Waals surface area contributed by atoms with E-state index in [4.69, 9.17) is 21.6 Å². The van der Waals surface area contributed by atoms with Crippen molar-refractivity contribution < 1.29 is 9.66 Å². The van der Waals surface area contributed by atoms with E-state index in [-0.39, 0.29) is 22.2 Å². The molecule has 0 amide bonds. The number of benzene rings is 2. The second-order valence-electron chi connectivity index (χ2n) is 4.04. The van der Waals surface area contributed by atoms with Gasteiger partial charge in [-0.3, -0.25) is 10.1 Å². The Hall–Kier alpha value is -2.58. The molecule has 0 aliphatic carbocycles. The largest absolute Gasteiger partial charge is 0.448 e. The summed E-state index contributed by atoms with van der Waals surface area (Å²) in [6.45, 7) is 1.71. The topological polar surface area (TPSA) is 76.2 Å². The number of halogens is 1. The predicted molar refractivity (Wildman–Crippen MR) is 74.1 cm³/mol. The van der Waals surface area contributed by atoms with Crippen molar-refractivity contribution in [2.24, 2.45) is 0 Å². The van der Waals surface area contributed by atoms with Crippen LogP contribution in [0.15, 0.2) is 36.4 Å². The summed E-state index contributed by atoms with van der Waals surface area (Å²) in [4.78, 5) is 10.5. The summed E-state index contributed by atoms with van der Waals surface area (Å²) in [5.41, 5.74) is 0.881. The van der Waals surface area contributed by atoms with Crippen LogP contribution >= 0.6 is 11.6 Å². The van der Waals surface area contributed by atoms with Crippen LogP contribution in [0.25, 0.3) is 0 Å². The number of nitriles is 1. The van der Waals surface area contributed by atoms with Crippen molar-refractivity contribution in [1.82, 2.24) is 0 Å². The normalized spacial score (nSPS) is 9.85. The molecule has 2 aromatic rings. The summed E-state index contributed by atoms with van der Waals surface area (Å²) in [6, 6.07) is 11.1. The van der Waals surface area contributed by atoms with Gasteiger partial charge in [-0.25, -0.2) is 0 Å². The molecule has 6 heteroatoms. The third-order valence-electron chi connectivity index (χ3n) is 2.66. The molecule has 0 aliphatic rings. The van der Waals surface area contributed by atoms with E-state index in [0.717, 1.165) is 0 Å². The summed E-state index contributed by atoms with van der Waals surface area (Å²) in [5, 5.41) is 20.0. The number of nitro benzene ring substituents is 1. The highest BCUT2D eigenvalue weighted by Gasteiger charge is 2.18. The van der Waals surface area contributed by atoms with Crippen LogP contribution in [0.2, 0.25) is 5.02 Å². The summed E-state index contributed by atoms with van der Waals surface area (Å²) in [5.74, 6) is 0.409. The number of hydrogen-bond acceptors (Lipinski definition) is 4. The standard InChI is InChI=1S/C14H9ClN2O3/c1-9-3-2-4-12(17(18)19)14(9)20-13-6-5-10(8-16)7-11(13)15/h2-7H,1H3. The van der Waals surface area contributed by atoms with Crippen molar-refractivity contribution in [3.05, 3.63) is 62.7 Å². The highest BCUT2D eigenvalue weighted by Crippen LogP contribution is 2.37. The highest BCUT2D eigenvalue weighted by atomic mass is 35.5. The van der Waals surface area contributed by atoms with Crippen LogP contribution in [0, 0.1) is 28.4 Å². The van der Waals surface area contributed by atoms with Gasteiger partial charge in [0.05, 0.1) is 21.6 Å². The number of para-hydroxylation sites is 1. The molecule has 100 valence electrons. The van der Waals surface area contributed by atoms with Crippen LogP contribution in [0.3, 0.4) is 0 Å². The van der Waals surface area contributed by atoms with Crippen molar-refractivity contribution in [1.29, 1.82) is 5.26 Å². The van der Waals surface area contributed by atoms with E-state index < -0.39 is 4.92 Å². The fraction of sp³-hybridized carbons (Fsp3) is 0.0714. The molecular weight excluding hydrogens is 280 g/mol. The lowest BCUT2D eigenvalue weighted by Gasteiger charge is -2.10. The average molecular weight is 289 g/mol. The molecule has 0 spiro atoms. The zero-order valence-corrected chi connectivity index (χ0v) is 11.2. The van der Waals surface area contributed by atoms with Crippen LogP contribution in [0.4, 0.5) is 5.69 Å². The minimum atomic E-state index is -0.514. The van der Waals surface area contributed by atoms with Gasteiger partial charge in [-0.05, 0) is 30.7 Å². The third kappa shape index (κ3) is 2.71. The Balaban J connectivity index is 2.45. The molecule has 0 fully saturated rings. The van der Waals surface area contributed by atoms with Gasteiger partial charge >= 0.3 is 5.69 Å². The molecule has 0 aliphatic heterocycles. The van der Waals surface area contributed by atoms with Gasteiger partial charge in [0, 0.05) is 6.07 Å². The van der Waals surface area contributed by atoms with Crippen LogP contribution in [0.5, 0.6) is 11.5 Å². The molecule has 0 N–H and O–H groups in total. The van der Waals surface area contributed by atoms with E-state index in [1.807, 2.05) is 6.07 Å². The molecule has 0 bridgehead atoms. The third-order valence-corrected chi connectivity index (χ3v) is 2.96. The van der Waals surface area contributed by atoms with Crippen molar-refractivity contribution in [3.8, 4) is 17.6 Å². The maximum absolute atomic E-state index is 11.0. The van der Waals surface area contributed by atoms with Gasteiger partial charge < -0.3 is 4.74 Å². The Morgan fingerprint density at radius 1 is 1.35 bits per heavy atom. The molecule has 5 nitrogen and oxygen atoms in total. The number of hydrogen-bond donors (Lipinski definition) is 0. The second kappa shape index (κ2) is 5.59. The summed E-state index contributed by atoms with van der Waals surface area (Å²) < 4.78 is 5.55. The van der Waals surface area contributed by atoms with Crippen molar-refractivity contribution in [2.75, 3.05) is 0 Å². The fourth-order valence-electron chi connectivity index (χ4n) is 1.68. The van der Waals surface area contributed by atoms with Crippen LogP contribution in [0.1, 0.15) is 11.1 Å². The van der Waals surface area contributed by atoms with E-state index in [2.05, 4.69) is 0 Å². The van der Waals surface area contributed by atoms with E-state index in [1.165, 1.54) is 24.3 Å². The number of aryl methyl sites for hydroxylation is 1. The van der Waals surface area contributed by atoms with Gasteiger partial charge in [0.1, 0.15) is 5.75 Å². The van der Waals surface area contributed by atoms with Crippen molar-refractivity contribution in [3.63, 3.8) is 0 Å². The Morgan fingerprint density at radius 2 is 2.10 bits per heavy atom. The van der Waals surface area contributed by atoms with Crippen molar-refractivity contribution >= 4 is 17.3 Å². The smallest absolute Gasteiger partial charge is 0.311 e. The van der Waals surface area contributed by atoms with E-state index in [1.54, 1.807) is 19.1 Å². The van der Waals surface area contributed by atoms with Crippen molar-refractivity contribution in [2.45, 2.75) is 6.92 Å². The number of rotatable bonds is 3. The van der Waals surface area contributed by atoms with Gasteiger partial charge in [0.25, 0.3) is 0 Å². The molecule has 0 radical (unpaired) electrons. The van der Waals surface area contributed by atoms with Gasteiger partial charge in [-0.15, -0.1) is 0 Å². The first-order valence-corrected chi connectivity index (χ1v) is 6.02. The highest BCUT2D eigenvalue weighted by molar-refractivity contribution is 6.32. The molecular formula is C14H9ClN2O3. The zero-order valence-electron chi connectivity index (χ0n) is 10.5. The lowest BCUT2D eigenvalue weighted by Crippen LogP contribution is -1.96. The maximum atomic E-state index is 11.0. The minimum absolute atomic E-state index is 0.134. The molecule has 0 heterocycles. The number of ether oxygens (including phenoxy) is 1. The average Bonchev–Trinajstić information content (AvgIpc) is 2.42. The summed E-state index contributed by atoms with van der Waals surface area (Å²) in [6.07, 6.45) is 0. The Morgan fingerprint density at radius 3 is 2.70 bits per heavy atom. The zero-order chi connectivity index (χ0) is 14.7. The quantitative estimate of drug-likeness (QED) is 0.626. The number of nitro groups is 1. The lowest BCUT2D eigenvalue weighted by molar-refractivity contribution is -0.385. The fourth-order valence-corrected chi connectivity index (χ4v) is 1.90. The Labute approximate surface area is 120 Å². The molecule has 20 heavy (non-hydrogen) atoms. The van der Waals surface area contributed by atoms with Crippen LogP contribution < -0.4 is 4.74 Å². The van der Waals surface area contributed by atoms with Gasteiger partial charge in [-0.1, -0.05) is 23.7 Å². The first-order chi connectivity index (χ1) is 9.52. The maximum Gasteiger partial charge on any atom is 0.311 e. The number of nitrogens with zero attached hydrogens (tertiary/aromatic N) is 2. The summed E-state index contributed by atoms with van der Waals surface area (Å²) >= 11 is 6.00. The van der Waals surface area contributed by atoms with Crippen LogP contribution in [-0.4, -0.2) is 4.92 Å². The Kier molecular flexibility index (Phi) is 3.87. The first kappa shape index (κ1) is 13.8. The molecule has 2 rings (SSSR count). The first-order valence-electron chi connectivity index (χ1n) is 5.64. The van der Waals surface area contributed by atoms with E-state index >= 15 is 0 Å². The SMILES string of the molecule is Cc1cccc([N+](=O)[O-])c1Oc1ccc(C#N)cc1Cl. The molecule has 0 saturated carbocycles. The predicted octanol–water partition coefficient (Wildman–Crippen LogP) is 4.22. The summed E-state index contributed by atoms with van der Waals surface area (Å²) in [7, 11) is 0. The molecule has 0 saturated heterocycles. The van der Waals surface area contributed by atoms with Gasteiger partial charge in [-0.2, -0.15) is 5.26 Å².